The van der Waals surface area contributed by atoms with E-state index in [9.17, 15) is 9.90 Å². The first-order chi connectivity index (χ1) is 15.5. The third-order valence-electron chi connectivity index (χ3n) is 6.20. The Bertz CT molecular complexity index is 1100. The van der Waals surface area contributed by atoms with Crippen molar-refractivity contribution < 1.29 is 24.3 Å². The molecule has 1 aliphatic heterocycles. The number of aromatic nitrogens is 1. The topological polar surface area (TPSA) is 68.0 Å². The zero-order chi connectivity index (χ0) is 22.7. The van der Waals surface area contributed by atoms with E-state index in [-0.39, 0.29) is 19.0 Å². The van der Waals surface area contributed by atoms with Crippen molar-refractivity contribution in [2.75, 3.05) is 19.7 Å². The highest BCUT2D eigenvalue weighted by Gasteiger charge is 2.27. The van der Waals surface area contributed by atoms with Crippen molar-refractivity contribution in [3.05, 3.63) is 57.7 Å². The minimum absolute atomic E-state index is 0.0535. The molecule has 0 saturated carbocycles. The van der Waals surface area contributed by atoms with Crippen LogP contribution in [0, 0.1) is 0 Å². The van der Waals surface area contributed by atoms with Gasteiger partial charge in [-0.2, -0.15) is 0 Å². The SMILES string of the molecule is CCOC(=O)c1c(COc2ccccc2)n(C)c2cc(Br)c([O-])c(C[NH+]3CCCCC3)c12. The van der Waals surface area contributed by atoms with Crippen molar-refractivity contribution in [3.63, 3.8) is 0 Å². The van der Waals surface area contributed by atoms with Crippen LogP contribution in [0.3, 0.4) is 0 Å². The first-order valence-electron chi connectivity index (χ1n) is 11.2. The summed E-state index contributed by atoms with van der Waals surface area (Å²) in [5.74, 6) is 0.250. The molecule has 32 heavy (non-hydrogen) atoms. The maximum absolute atomic E-state index is 13.2. The number of carbonyl (C=O) groups excluding carboxylic acids is 1. The van der Waals surface area contributed by atoms with E-state index < -0.39 is 5.97 Å². The summed E-state index contributed by atoms with van der Waals surface area (Å²) in [6.07, 6.45) is 3.56. The second kappa shape index (κ2) is 9.96. The number of carbonyl (C=O) groups is 1. The Hall–Kier alpha value is -2.51. The molecule has 6 nitrogen and oxygen atoms in total. The molecule has 4 rings (SSSR count). The minimum atomic E-state index is -0.415. The lowest BCUT2D eigenvalue weighted by atomic mass is 10.0. The monoisotopic (exact) mass is 500 g/mol. The standard InChI is InChI=1S/C25H29BrN2O4/c1-3-31-25(30)23-21(16-32-17-10-6-4-7-11-17)27(2)20-14-19(26)24(29)18(22(20)23)15-28-12-8-5-9-13-28/h4,6-7,10-11,14,29H,3,5,8-9,12-13,15-16H2,1-2H3. The quantitative estimate of drug-likeness (QED) is 0.505. The van der Waals surface area contributed by atoms with Gasteiger partial charge in [0.15, 0.2) is 0 Å². The van der Waals surface area contributed by atoms with Gasteiger partial charge in [-0.25, -0.2) is 4.79 Å². The molecule has 0 radical (unpaired) electrons. The van der Waals surface area contributed by atoms with Gasteiger partial charge < -0.3 is 24.0 Å². The van der Waals surface area contributed by atoms with E-state index in [1.807, 2.05) is 41.9 Å². The molecule has 2 aromatic carbocycles. The molecular formula is C25H29BrN2O4. The van der Waals surface area contributed by atoms with Gasteiger partial charge in [0.25, 0.3) is 0 Å². The van der Waals surface area contributed by atoms with E-state index in [4.69, 9.17) is 9.47 Å². The number of quaternary nitrogens is 1. The zero-order valence-corrected chi connectivity index (χ0v) is 20.2. The Balaban J connectivity index is 1.85. The Morgan fingerprint density at radius 3 is 2.59 bits per heavy atom. The maximum atomic E-state index is 13.2. The van der Waals surface area contributed by atoms with Crippen molar-refractivity contribution in [1.82, 2.24) is 4.57 Å². The highest BCUT2D eigenvalue weighted by atomic mass is 79.9. The first kappa shape index (κ1) is 22.7. The van der Waals surface area contributed by atoms with Gasteiger partial charge in [0.05, 0.1) is 36.5 Å². The van der Waals surface area contributed by atoms with E-state index in [0.29, 0.717) is 33.2 Å². The van der Waals surface area contributed by atoms with Gasteiger partial charge in [0, 0.05) is 22.5 Å². The number of ether oxygens (including phenoxy) is 2. The summed E-state index contributed by atoms with van der Waals surface area (Å²) in [7, 11) is 1.91. The second-order valence-corrected chi connectivity index (χ2v) is 9.10. The summed E-state index contributed by atoms with van der Waals surface area (Å²) in [5.41, 5.74) is 2.65. The molecule has 3 aromatic rings. The molecule has 0 spiro atoms. The predicted molar refractivity (Wildman–Crippen MR) is 125 cm³/mol. The van der Waals surface area contributed by atoms with Crippen LogP contribution in [0.15, 0.2) is 40.9 Å². The van der Waals surface area contributed by atoms with E-state index in [2.05, 4.69) is 15.9 Å². The molecule has 7 heteroatoms. The number of para-hydroxylation sites is 1. The summed E-state index contributed by atoms with van der Waals surface area (Å²) in [5, 5.41) is 13.9. The summed E-state index contributed by atoms with van der Waals surface area (Å²) >= 11 is 3.46. The largest absolute Gasteiger partial charge is 0.871 e. The van der Waals surface area contributed by atoms with Crippen LogP contribution in [0.25, 0.3) is 10.9 Å². The second-order valence-electron chi connectivity index (χ2n) is 8.25. The number of aryl methyl sites for hydroxylation is 1. The zero-order valence-electron chi connectivity index (χ0n) is 18.6. The molecule has 0 amide bonds. The number of benzene rings is 2. The number of hydrogen-bond donors (Lipinski definition) is 1. The molecule has 1 N–H and O–H groups in total. The lowest BCUT2D eigenvalue weighted by Crippen LogP contribution is -3.11. The predicted octanol–water partition coefficient (Wildman–Crippen LogP) is 3.34. The van der Waals surface area contributed by atoms with Crippen LogP contribution in [0.4, 0.5) is 0 Å². The number of piperidine rings is 1. The van der Waals surface area contributed by atoms with Gasteiger partial charge in [0.1, 0.15) is 18.9 Å². The van der Waals surface area contributed by atoms with Gasteiger partial charge in [-0.3, -0.25) is 0 Å². The fourth-order valence-electron chi connectivity index (χ4n) is 4.58. The first-order valence-corrected chi connectivity index (χ1v) is 12.0. The molecule has 1 fully saturated rings. The highest BCUT2D eigenvalue weighted by molar-refractivity contribution is 9.10. The molecule has 1 saturated heterocycles. The average molecular weight is 501 g/mol. The van der Waals surface area contributed by atoms with Crippen LogP contribution in [-0.2, 0) is 24.9 Å². The number of rotatable bonds is 7. The van der Waals surface area contributed by atoms with E-state index >= 15 is 0 Å². The van der Waals surface area contributed by atoms with Crippen LogP contribution < -0.4 is 14.7 Å². The lowest BCUT2D eigenvalue weighted by molar-refractivity contribution is -0.918. The van der Waals surface area contributed by atoms with Crippen molar-refractivity contribution in [2.45, 2.75) is 39.3 Å². The Morgan fingerprint density at radius 2 is 1.91 bits per heavy atom. The van der Waals surface area contributed by atoms with Crippen LogP contribution in [0.5, 0.6) is 11.5 Å². The Kier molecular flexibility index (Phi) is 7.06. The fraction of sp³-hybridized carbons (Fsp3) is 0.400. The van der Waals surface area contributed by atoms with Crippen LogP contribution >= 0.6 is 15.9 Å². The summed E-state index contributed by atoms with van der Waals surface area (Å²) in [6.45, 7) is 4.94. The molecule has 1 aromatic heterocycles. The highest BCUT2D eigenvalue weighted by Crippen LogP contribution is 2.38. The van der Waals surface area contributed by atoms with Gasteiger partial charge >= 0.3 is 5.97 Å². The lowest BCUT2D eigenvalue weighted by Gasteiger charge is -2.27. The maximum Gasteiger partial charge on any atom is 0.340 e. The molecule has 2 heterocycles. The molecule has 0 bridgehead atoms. The van der Waals surface area contributed by atoms with Crippen molar-refractivity contribution in [1.29, 1.82) is 0 Å². The van der Waals surface area contributed by atoms with Crippen molar-refractivity contribution >= 4 is 32.8 Å². The molecule has 0 aliphatic carbocycles. The van der Waals surface area contributed by atoms with Crippen molar-refractivity contribution in [3.8, 4) is 11.5 Å². The number of fused-ring (bicyclic) bond motifs is 1. The number of esters is 1. The third-order valence-corrected chi connectivity index (χ3v) is 6.79. The van der Waals surface area contributed by atoms with Crippen LogP contribution in [-0.4, -0.2) is 30.2 Å². The number of halogens is 1. The molecule has 1 aliphatic rings. The third kappa shape index (κ3) is 4.50. The normalized spacial score (nSPS) is 14.6. The molecule has 0 atom stereocenters. The minimum Gasteiger partial charge on any atom is -0.871 e. The van der Waals surface area contributed by atoms with Crippen molar-refractivity contribution in [2.24, 2.45) is 7.05 Å². The van der Waals surface area contributed by atoms with E-state index in [1.165, 1.54) is 11.3 Å². The summed E-state index contributed by atoms with van der Waals surface area (Å²) in [6, 6.07) is 11.3. The molecule has 0 unspecified atom stereocenters. The van der Waals surface area contributed by atoms with Gasteiger partial charge in [-0.05, 0) is 44.4 Å². The number of nitrogens with one attached hydrogen (secondary N) is 1. The summed E-state index contributed by atoms with van der Waals surface area (Å²) in [4.78, 5) is 14.5. The average Bonchev–Trinajstić information content (AvgIpc) is 3.08. The Morgan fingerprint density at radius 1 is 1.19 bits per heavy atom. The Labute approximate surface area is 196 Å². The molecular weight excluding hydrogens is 472 g/mol. The van der Waals surface area contributed by atoms with Crippen LogP contribution in [0.1, 0.15) is 47.8 Å². The van der Waals surface area contributed by atoms with Crippen LogP contribution in [0.2, 0.25) is 0 Å². The number of likely N-dealkylation sites (tertiary alicyclic amines) is 1. The van der Waals surface area contributed by atoms with Gasteiger partial charge in [-0.1, -0.05) is 39.9 Å². The van der Waals surface area contributed by atoms with E-state index in [0.717, 1.165) is 37.2 Å². The van der Waals surface area contributed by atoms with Gasteiger partial charge in [-0.15, -0.1) is 0 Å². The number of nitrogens with zero attached hydrogens (tertiary/aromatic N) is 1. The van der Waals surface area contributed by atoms with Gasteiger partial charge in [0.2, 0.25) is 0 Å². The number of hydrogen-bond acceptors (Lipinski definition) is 4. The molecule has 170 valence electrons. The smallest absolute Gasteiger partial charge is 0.340 e. The fourth-order valence-corrected chi connectivity index (χ4v) is 5.03. The van der Waals surface area contributed by atoms with E-state index in [1.54, 1.807) is 13.0 Å². The summed E-state index contributed by atoms with van der Waals surface area (Å²) < 4.78 is 13.9.